The normalized spacial score (nSPS) is 17.4. The molecule has 80 valence electrons. The van der Waals surface area contributed by atoms with Crippen molar-refractivity contribution in [3.8, 4) is 0 Å². The summed E-state index contributed by atoms with van der Waals surface area (Å²) >= 11 is 6.03. The van der Waals surface area contributed by atoms with Gasteiger partial charge in [0.1, 0.15) is 5.76 Å². The summed E-state index contributed by atoms with van der Waals surface area (Å²) in [4.78, 5) is 13.5. The van der Waals surface area contributed by atoms with Gasteiger partial charge in [-0.3, -0.25) is 0 Å². The molecule has 3 nitrogen and oxygen atoms in total. The van der Waals surface area contributed by atoms with Gasteiger partial charge in [0.2, 0.25) is 12.0 Å². The molecular formula is C11H12ClNO2. The van der Waals surface area contributed by atoms with E-state index < -0.39 is 0 Å². The average Bonchev–Trinajstić information content (AvgIpc) is 2.61. The van der Waals surface area contributed by atoms with E-state index in [1.165, 1.54) is 25.3 Å². The Kier molecular flexibility index (Phi) is 3.24. The zero-order valence-electron chi connectivity index (χ0n) is 8.33. The van der Waals surface area contributed by atoms with Gasteiger partial charge in [-0.15, -0.1) is 4.99 Å². The second kappa shape index (κ2) is 4.65. The van der Waals surface area contributed by atoms with Crippen molar-refractivity contribution >= 4 is 23.6 Å². The molecule has 0 amide bonds. The van der Waals surface area contributed by atoms with Crippen molar-refractivity contribution in [3.05, 3.63) is 16.8 Å². The van der Waals surface area contributed by atoms with Gasteiger partial charge in [0.05, 0.1) is 5.02 Å². The molecule has 1 saturated carbocycles. The van der Waals surface area contributed by atoms with Crippen LogP contribution in [0.15, 0.2) is 15.5 Å². The van der Waals surface area contributed by atoms with Crippen LogP contribution in [0.1, 0.15) is 43.8 Å². The van der Waals surface area contributed by atoms with Gasteiger partial charge >= 0.3 is 0 Å². The van der Waals surface area contributed by atoms with Gasteiger partial charge in [-0.2, -0.15) is 0 Å². The molecule has 0 N–H and O–H groups in total. The van der Waals surface area contributed by atoms with Crippen molar-refractivity contribution in [2.24, 2.45) is 4.99 Å². The third-order valence-corrected chi connectivity index (χ3v) is 3.13. The molecule has 0 aliphatic heterocycles. The summed E-state index contributed by atoms with van der Waals surface area (Å²) in [5.74, 6) is 1.43. The first-order chi connectivity index (χ1) is 7.31. The van der Waals surface area contributed by atoms with Crippen LogP contribution in [0.5, 0.6) is 0 Å². The molecule has 2 rings (SSSR count). The van der Waals surface area contributed by atoms with Crippen molar-refractivity contribution in [1.29, 1.82) is 0 Å². The minimum Gasteiger partial charge on any atom is -0.441 e. The largest absolute Gasteiger partial charge is 0.441 e. The van der Waals surface area contributed by atoms with Crippen LogP contribution in [0.25, 0.3) is 0 Å². The van der Waals surface area contributed by atoms with E-state index in [-0.39, 0.29) is 5.88 Å². The van der Waals surface area contributed by atoms with Crippen molar-refractivity contribution in [1.82, 2.24) is 0 Å². The fourth-order valence-corrected chi connectivity index (χ4v) is 2.40. The van der Waals surface area contributed by atoms with Gasteiger partial charge in [0.25, 0.3) is 0 Å². The van der Waals surface area contributed by atoms with Crippen LogP contribution in [0.4, 0.5) is 5.88 Å². The summed E-state index contributed by atoms with van der Waals surface area (Å²) in [6.07, 6.45) is 7.39. The van der Waals surface area contributed by atoms with Crippen LogP contribution in [0.3, 0.4) is 0 Å². The number of furan rings is 1. The van der Waals surface area contributed by atoms with Crippen LogP contribution < -0.4 is 0 Å². The minimum atomic E-state index is 0.260. The maximum Gasteiger partial charge on any atom is 0.243 e. The second-order valence-corrected chi connectivity index (χ2v) is 4.24. The number of nitrogens with zero attached hydrogens (tertiary/aromatic N) is 1. The van der Waals surface area contributed by atoms with Crippen LogP contribution >= 0.6 is 11.6 Å². The molecular weight excluding hydrogens is 214 g/mol. The van der Waals surface area contributed by atoms with Crippen molar-refractivity contribution in [3.63, 3.8) is 0 Å². The number of hydrogen-bond donors (Lipinski definition) is 0. The molecule has 0 aromatic carbocycles. The molecule has 0 radical (unpaired) electrons. The van der Waals surface area contributed by atoms with Gasteiger partial charge in [-0.25, -0.2) is 4.79 Å². The van der Waals surface area contributed by atoms with Crippen LogP contribution in [0.2, 0.25) is 5.02 Å². The minimum absolute atomic E-state index is 0.260. The quantitative estimate of drug-likeness (QED) is 0.565. The fourth-order valence-electron chi connectivity index (χ4n) is 2.11. The first kappa shape index (κ1) is 10.5. The third-order valence-electron chi connectivity index (χ3n) is 2.83. The van der Waals surface area contributed by atoms with E-state index in [0.29, 0.717) is 10.9 Å². The lowest BCUT2D eigenvalue weighted by molar-refractivity contribution is 0.378. The zero-order valence-corrected chi connectivity index (χ0v) is 9.09. The summed E-state index contributed by atoms with van der Waals surface area (Å²) in [7, 11) is 0. The molecule has 15 heavy (non-hydrogen) atoms. The molecule has 0 atom stereocenters. The molecule has 4 heteroatoms. The number of carbonyl (C=O) groups excluding carboxylic acids is 1. The smallest absolute Gasteiger partial charge is 0.243 e. The Hall–Kier alpha value is -1.05. The van der Waals surface area contributed by atoms with E-state index in [9.17, 15) is 4.79 Å². The second-order valence-electron chi connectivity index (χ2n) is 3.83. The summed E-state index contributed by atoms with van der Waals surface area (Å²) in [6.45, 7) is 0. The molecule has 1 aromatic heterocycles. The highest BCUT2D eigenvalue weighted by Crippen LogP contribution is 2.39. The predicted molar refractivity (Wildman–Crippen MR) is 57.3 cm³/mol. The molecule has 0 bridgehead atoms. The summed E-state index contributed by atoms with van der Waals surface area (Å²) < 4.78 is 5.43. The van der Waals surface area contributed by atoms with Gasteiger partial charge in [0.15, 0.2) is 0 Å². The van der Waals surface area contributed by atoms with E-state index in [1.54, 1.807) is 6.07 Å². The average molecular weight is 226 g/mol. The topological polar surface area (TPSA) is 42.6 Å². The van der Waals surface area contributed by atoms with Gasteiger partial charge < -0.3 is 4.42 Å². The molecule has 1 aromatic rings. The molecule has 1 heterocycles. The van der Waals surface area contributed by atoms with E-state index in [4.69, 9.17) is 16.0 Å². The van der Waals surface area contributed by atoms with Crippen LogP contribution in [-0.2, 0) is 4.79 Å². The van der Waals surface area contributed by atoms with Crippen molar-refractivity contribution in [2.75, 3.05) is 0 Å². The first-order valence-electron chi connectivity index (χ1n) is 5.18. The Morgan fingerprint density at radius 2 is 2.13 bits per heavy atom. The van der Waals surface area contributed by atoms with Crippen LogP contribution in [-0.4, -0.2) is 6.08 Å². The van der Waals surface area contributed by atoms with E-state index >= 15 is 0 Å². The van der Waals surface area contributed by atoms with E-state index in [1.807, 2.05) is 0 Å². The Bertz CT molecular complexity index is 387. The summed E-state index contributed by atoms with van der Waals surface area (Å²) in [6, 6.07) is 1.58. The molecule has 0 unspecified atom stereocenters. The Morgan fingerprint density at radius 3 is 2.80 bits per heavy atom. The molecule has 1 fully saturated rings. The standard InChI is InChI=1S/C11H12ClNO2/c12-9-6-10(13-7-14)15-11(9)8-4-2-1-3-5-8/h6,8H,1-5H2. The highest BCUT2D eigenvalue weighted by atomic mass is 35.5. The maximum absolute atomic E-state index is 10.1. The number of halogens is 1. The summed E-state index contributed by atoms with van der Waals surface area (Å²) in [5.41, 5.74) is 0. The Balaban J connectivity index is 2.22. The number of aliphatic imine (C=N–C) groups is 1. The lowest BCUT2D eigenvalue weighted by Crippen LogP contribution is -2.03. The van der Waals surface area contributed by atoms with Crippen LogP contribution in [0, 0.1) is 0 Å². The number of isocyanates is 1. The highest BCUT2D eigenvalue weighted by Gasteiger charge is 2.22. The third kappa shape index (κ3) is 2.31. The monoisotopic (exact) mass is 225 g/mol. The van der Waals surface area contributed by atoms with E-state index in [0.717, 1.165) is 18.6 Å². The summed E-state index contributed by atoms with van der Waals surface area (Å²) in [5, 5.41) is 0.580. The molecule has 0 spiro atoms. The lowest BCUT2D eigenvalue weighted by Gasteiger charge is -2.19. The molecule has 1 aliphatic carbocycles. The number of rotatable bonds is 2. The molecule has 0 saturated heterocycles. The van der Waals surface area contributed by atoms with Gasteiger partial charge in [-0.1, -0.05) is 30.9 Å². The first-order valence-corrected chi connectivity index (χ1v) is 5.56. The molecule has 1 aliphatic rings. The Morgan fingerprint density at radius 1 is 1.40 bits per heavy atom. The Labute approximate surface area is 93.1 Å². The fraction of sp³-hybridized carbons (Fsp3) is 0.545. The van der Waals surface area contributed by atoms with Gasteiger partial charge in [-0.05, 0) is 12.8 Å². The van der Waals surface area contributed by atoms with E-state index in [2.05, 4.69) is 4.99 Å². The van der Waals surface area contributed by atoms with Gasteiger partial charge in [0, 0.05) is 12.0 Å². The highest BCUT2D eigenvalue weighted by molar-refractivity contribution is 6.31. The van der Waals surface area contributed by atoms with Crippen molar-refractivity contribution < 1.29 is 9.21 Å². The predicted octanol–water partition coefficient (Wildman–Crippen LogP) is 3.95. The lowest BCUT2D eigenvalue weighted by atomic mass is 9.87. The SMILES string of the molecule is O=C=Nc1cc(Cl)c(C2CCCCC2)o1. The van der Waals surface area contributed by atoms with Crippen molar-refractivity contribution in [2.45, 2.75) is 38.0 Å². The zero-order chi connectivity index (χ0) is 10.7. The number of hydrogen-bond acceptors (Lipinski definition) is 3. The maximum atomic E-state index is 10.1.